The topological polar surface area (TPSA) is 105 Å². The Morgan fingerprint density at radius 2 is 1.87 bits per heavy atom. The maximum atomic E-state index is 9.78. The molecule has 0 saturated heterocycles. The summed E-state index contributed by atoms with van der Waals surface area (Å²) in [6.45, 7) is 0. The first kappa shape index (κ1) is 18.4. The highest BCUT2D eigenvalue weighted by atomic mass is 32.2. The van der Waals surface area contributed by atoms with Gasteiger partial charge in [0, 0.05) is 5.69 Å². The molecule has 0 fully saturated rings. The highest BCUT2D eigenvalue weighted by Gasteiger charge is 2.23. The van der Waals surface area contributed by atoms with Crippen molar-refractivity contribution in [3.8, 4) is 16.6 Å². The molecule has 3 aromatic heterocycles. The Bertz CT molecular complexity index is 1400. The zero-order valence-electron chi connectivity index (χ0n) is 15.8. The van der Waals surface area contributed by atoms with Gasteiger partial charge in [-0.1, -0.05) is 30.3 Å². The van der Waals surface area contributed by atoms with Crippen molar-refractivity contribution in [3.05, 3.63) is 60.2 Å². The summed E-state index contributed by atoms with van der Waals surface area (Å²) in [5, 5.41) is 19.2. The lowest BCUT2D eigenvalue weighted by atomic mass is 10.2. The van der Waals surface area contributed by atoms with E-state index >= 15 is 0 Å². The fourth-order valence-electron chi connectivity index (χ4n) is 3.26. The first-order valence-electron chi connectivity index (χ1n) is 9.04. The number of rotatable bonds is 4. The van der Waals surface area contributed by atoms with Crippen LogP contribution in [0.15, 0.2) is 59.6 Å². The van der Waals surface area contributed by atoms with Gasteiger partial charge >= 0.3 is 0 Å². The Kier molecular flexibility index (Phi) is 4.50. The smallest absolute Gasteiger partial charge is 0.178 e. The number of nitrogen functional groups attached to an aromatic ring is 1. The Hall–Kier alpha value is -3.61. The first-order valence-corrected chi connectivity index (χ1v) is 11.1. The summed E-state index contributed by atoms with van der Waals surface area (Å²) in [5.74, 6) is 0.765. The lowest BCUT2D eigenvalue weighted by Gasteiger charge is -2.09. The van der Waals surface area contributed by atoms with Gasteiger partial charge in [-0.3, -0.25) is 0 Å². The van der Waals surface area contributed by atoms with Crippen LogP contribution in [0.1, 0.15) is 5.56 Å². The third-order valence-corrected chi connectivity index (χ3v) is 6.42. The summed E-state index contributed by atoms with van der Waals surface area (Å²) in [6.07, 6.45) is 1.95. The SMILES string of the molecule is CSc1c(-c2nc3ccccc3s2)c(N)nc2c(C#N)c(Nc3ccccc3)nn12. The third kappa shape index (κ3) is 2.94. The molecule has 146 valence electrons. The summed E-state index contributed by atoms with van der Waals surface area (Å²) in [5.41, 5.74) is 9.61. The van der Waals surface area contributed by atoms with Crippen LogP contribution in [0.25, 0.3) is 26.4 Å². The number of thioether (sulfide) groups is 1. The molecular formula is C21H15N7S2. The van der Waals surface area contributed by atoms with E-state index in [1.807, 2.05) is 60.9 Å². The fraction of sp³-hybridized carbons (Fsp3) is 0.0476. The molecule has 0 amide bonds. The van der Waals surface area contributed by atoms with E-state index in [2.05, 4.69) is 21.5 Å². The molecule has 5 rings (SSSR count). The quantitative estimate of drug-likeness (QED) is 0.308. The minimum absolute atomic E-state index is 0.327. The second kappa shape index (κ2) is 7.33. The van der Waals surface area contributed by atoms with E-state index < -0.39 is 0 Å². The van der Waals surface area contributed by atoms with Crippen molar-refractivity contribution in [3.63, 3.8) is 0 Å². The molecule has 0 spiro atoms. The maximum Gasteiger partial charge on any atom is 0.178 e. The summed E-state index contributed by atoms with van der Waals surface area (Å²) in [4.78, 5) is 9.27. The van der Waals surface area contributed by atoms with Gasteiger partial charge in [0.1, 0.15) is 27.5 Å². The number of para-hydroxylation sites is 2. The number of nitrogens with zero attached hydrogens (tertiary/aromatic N) is 5. The van der Waals surface area contributed by atoms with Crippen molar-refractivity contribution in [2.24, 2.45) is 0 Å². The lowest BCUT2D eigenvalue weighted by Crippen LogP contribution is -2.04. The minimum Gasteiger partial charge on any atom is -0.383 e. The molecule has 3 N–H and O–H groups in total. The van der Waals surface area contributed by atoms with Gasteiger partial charge in [-0.15, -0.1) is 28.2 Å². The molecule has 5 aromatic rings. The molecule has 7 nitrogen and oxygen atoms in total. The number of nitrogens with one attached hydrogen (secondary N) is 1. The highest BCUT2D eigenvalue weighted by Crippen LogP contribution is 2.40. The van der Waals surface area contributed by atoms with E-state index in [0.29, 0.717) is 22.8 Å². The molecule has 9 heteroatoms. The van der Waals surface area contributed by atoms with Gasteiger partial charge in [-0.05, 0) is 30.5 Å². The van der Waals surface area contributed by atoms with Gasteiger partial charge in [0.2, 0.25) is 0 Å². The number of aromatic nitrogens is 4. The van der Waals surface area contributed by atoms with Crippen molar-refractivity contribution in [1.82, 2.24) is 19.6 Å². The van der Waals surface area contributed by atoms with Crippen LogP contribution in [-0.4, -0.2) is 25.8 Å². The molecule has 30 heavy (non-hydrogen) atoms. The highest BCUT2D eigenvalue weighted by molar-refractivity contribution is 7.98. The average molecular weight is 430 g/mol. The minimum atomic E-state index is 0.327. The molecule has 0 bridgehead atoms. The van der Waals surface area contributed by atoms with Crippen LogP contribution < -0.4 is 11.1 Å². The van der Waals surface area contributed by atoms with E-state index in [9.17, 15) is 5.26 Å². The van der Waals surface area contributed by atoms with E-state index in [0.717, 1.165) is 31.5 Å². The fourth-order valence-corrected chi connectivity index (χ4v) is 5.05. The zero-order valence-corrected chi connectivity index (χ0v) is 17.5. The second-order valence-electron chi connectivity index (χ2n) is 6.43. The van der Waals surface area contributed by atoms with Crippen molar-refractivity contribution in [2.75, 3.05) is 17.3 Å². The van der Waals surface area contributed by atoms with Gasteiger partial charge in [-0.2, -0.15) is 5.26 Å². The lowest BCUT2D eigenvalue weighted by molar-refractivity contribution is 0.854. The number of thiazole rings is 1. The molecule has 0 saturated carbocycles. The Morgan fingerprint density at radius 3 is 2.60 bits per heavy atom. The predicted molar refractivity (Wildman–Crippen MR) is 122 cm³/mol. The molecule has 0 atom stereocenters. The zero-order chi connectivity index (χ0) is 20.7. The molecule has 0 aliphatic heterocycles. The molecule has 0 radical (unpaired) electrons. The van der Waals surface area contributed by atoms with Crippen molar-refractivity contribution < 1.29 is 0 Å². The largest absolute Gasteiger partial charge is 0.383 e. The number of hydrogen-bond donors (Lipinski definition) is 2. The average Bonchev–Trinajstić information content (AvgIpc) is 3.34. The number of anilines is 3. The van der Waals surface area contributed by atoms with Crippen LogP contribution in [0.4, 0.5) is 17.3 Å². The Morgan fingerprint density at radius 1 is 1.10 bits per heavy atom. The first-order chi connectivity index (χ1) is 14.7. The molecule has 3 heterocycles. The van der Waals surface area contributed by atoms with E-state index in [-0.39, 0.29) is 0 Å². The second-order valence-corrected chi connectivity index (χ2v) is 8.26. The van der Waals surface area contributed by atoms with Crippen LogP contribution in [0.3, 0.4) is 0 Å². The molecule has 0 aliphatic carbocycles. The molecule has 0 unspecified atom stereocenters. The van der Waals surface area contributed by atoms with E-state index in [1.165, 1.54) is 11.8 Å². The summed E-state index contributed by atoms with van der Waals surface area (Å²) < 4.78 is 2.75. The van der Waals surface area contributed by atoms with Crippen LogP contribution in [0, 0.1) is 11.3 Å². The molecular weight excluding hydrogens is 414 g/mol. The standard InChI is InChI=1S/C21H15N7S2/c1-29-21-16(20-25-14-9-5-6-10-15(14)30-20)17(23)26-19-13(11-22)18(27-28(19)21)24-12-7-3-2-4-8-12/h2-10H,1H3,(H2,23,26)(H,24,27). The number of nitriles is 1. The van der Waals surface area contributed by atoms with Gasteiger partial charge in [0.25, 0.3) is 0 Å². The van der Waals surface area contributed by atoms with E-state index in [4.69, 9.17) is 10.7 Å². The van der Waals surface area contributed by atoms with Crippen molar-refractivity contribution in [1.29, 1.82) is 5.26 Å². The predicted octanol–water partition coefficient (Wildman–Crippen LogP) is 4.93. The van der Waals surface area contributed by atoms with Gasteiger partial charge in [0.05, 0.1) is 15.8 Å². The summed E-state index contributed by atoms with van der Waals surface area (Å²) in [6, 6.07) is 19.7. The normalized spacial score (nSPS) is 11.1. The summed E-state index contributed by atoms with van der Waals surface area (Å²) in [7, 11) is 0. The van der Waals surface area contributed by atoms with Crippen LogP contribution >= 0.6 is 23.1 Å². The molecule has 2 aromatic carbocycles. The number of nitrogens with two attached hydrogens (primary N) is 1. The summed E-state index contributed by atoms with van der Waals surface area (Å²) >= 11 is 3.05. The van der Waals surface area contributed by atoms with Gasteiger partial charge in [-0.25, -0.2) is 14.5 Å². The number of benzene rings is 2. The van der Waals surface area contributed by atoms with Crippen LogP contribution in [0.2, 0.25) is 0 Å². The van der Waals surface area contributed by atoms with Gasteiger partial charge in [0.15, 0.2) is 11.5 Å². The van der Waals surface area contributed by atoms with Crippen molar-refractivity contribution >= 4 is 56.3 Å². The van der Waals surface area contributed by atoms with Crippen LogP contribution in [-0.2, 0) is 0 Å². The van der Waals surface area contributed by atoms with Gasteiger partial charge < -0.3 is 11.1 Å². The van der Waals surface area contributed by atoms with Crippen LogP contribution in [0.5, 0.6) is 0 Å². The molecule has 0 aliphatic rings. The maximum absolute atomic E-state index is 9.78. The monoisotopic (exact) mass is 429 g/mol. The number of fused-ring (bicyclic) bond motifs is 2. The Labute approximate surface area is 180 Å². The third-order valence-electron chi connectivity index (χ3n) is 4.60. The van der Waals surface area contributed by atoms with Crippen molar-refractivity contribution in [2.45, 2.75) is 5.03 Å². The van der Waals surface area contributed by atoms with E-state index in [1.54, 1.807) is 15.9 Å². The Balaban J connectivity index is 1.73. The number of hydrogen-bond acceptors (Lipinski definition) is 8.